The number of benzene rings is 1. The average Bonchev–Trinajstić information content (AvgIpc) is 2.44. The molecule has 130 valence electrons. The van der Waals surface area contributed by atoms with Gasteiger partial charge in [-0.05, 0) is 43.5 Å². The normalized spacial score (nSPS) is 13.1. The van der Waals surface area contributed by atoms with E-state index in [1.165, 1.54) is 0 Å². The van der Waals surface area contributed by atoms with Crippen molar-refractivity contribution in [2.45, 2.75) is 45.6 Å². The van der Waals surface area contributed by atoms with Crippen molar-refractivity contribution in [3.63, 3.8) is 0 Å². The third-order valence-electron chi connectivity index (χ3n) is 3.50. The predicted molar refractivity (Wildman–Crippen MR) is 97.3 cm³/mol. The molecule has 0 radical (unpaired) electrons. The Hall–Kier alpha value is -1.10. The van der Waals surface area contributed by atoms with Gasteiger partial charge in [-0.3, -0.25) is 9.59 Å². The minimum Gasteiger partial charge on any atom is -0.350 e. The van der Waals surface area contributed by atoms with Gasteiger partial charge in [0.2, 0.25) is 5.91 Å². The van der Waals surface area contributed by atoms with Crippen molar-refractivity contribution in [3.8, 4) is 0 Å². The van der Waals surface area contributed by atoms with Gasteiger partial charge in [-0.15, -0.1) is 12.4 Å². The molecule has 1 rings (SSSR count). The van der Waals surface area contributed by atoms with E-state index < -0.39 is 5.54 Å². The molecule has 0 saturated heterocycles. The topological polar surface area (TPSA) is 72.2 Å². The standard InChI is InChI=1S/C17H25ClN2O2.ClH/c1-12(2)10-17(3,11-19)20-16(22)9-8-15(21)13-4-6-14(18)7-5-13;/h4-7,12H,8-11,19H2,1-3H3,(H,20,22);1H. The smallest absolute Gasteiger partial charge is 0.220 e. The molecule has 23 heavy (non-hydrogen) atoms. The zero-order valence-electron chi connectivity index (χ0n) is 13.9. The van der Waals surface area contributed by atoms with E-state index in [2.05, 4.69) is 19.2 Å². The van der Waals surface area contributed by atoms with Crippen LogP contribution in [0.25, 0.3) is 0 Å². The summed E-state index contributed by atoms with van der Waals surface area (Å²) in [7, 11) is 0. The highest BCUT2D eigenvalue weighted by Crippen LogP contribution is 2.16. The SMILES string of the molecule is CC(C)CC(C)(CN)NC(=O)CCC(=O)c1ccc(Cl)cc1.Cl. The van der Waals surface area contributed by atoms with Gasteiger partial charge in [-0.25, -0.2) is 0 Å². The van der Waals surface area contributed by atoms with Gasteiger partial charge >= 0.3 is 0 Å². The van der Waals surface area contributed by atoms with Crippen molar-refractivity contribution in [1.29, 1.82) is 0 Å². The van der Waals surface area contributed by atoms with Gasteiger partial charge in [-0.1, -0.05) is 25.4 Å². The van der Waals surface area contributed by atoms with Crippen molar-refractivity contribution in [2.24, 2.45) is 11.7 Å². The average molecular weight is 361 g/mol. The van der Waals surface area contributed by atoms with Crippen LogP contribution in [0.5, 0.6) is 0 Å². The first-order valence-corrected chi connectivity index (χ1v) is 7.93. The maximum absolute atomic E-state index is 12.0. The van der Waals surface area contributed by atoms with Gasteiger partial charge in [0, 0.05) is 35.5 Å². The van der Waals surface area contributed by atoms with E-state index in [1.54, 1.807) is 24.3 Å². The molecule has 1 unspecified atom stereocenters. The summed E-state index contributed by atoms with van der Waals surface area (Å²) in [5, 5.41) is 3.54. The number of rotatable bonds is 8. The maximum atomic E-state index is 12.0. The maximum Gasteiger partial charge on any atom is 0.220 e. The van der Waals surface area contributed by atoms with Crippen LogP contribution in [0, 0.1) is 5.92 Å². The van der Waals surface area contributed by atoms with Gasteiger partial charge < -0.3 is 11.1 Å². The molecule has 6 heteroatoms. The van der Waals surface area contributed by atoms with E-state index >= 15 is 0 Å². The van der Waals surface area contributed by atoms with Gasteiger partial charge in [0.1, 0.15) is 0 Å². The Kier molecular flexibility index (Phi) is 9.44. The Morgan fingerprint density at radius 2 is 1.78 bits per heavy atom. The largest absolute Gasteiger partial charge is 0.350 e. The molecule has 1 amide bonds. The zero-order valence-corrected chi connectivity index (χ0v) is 15.5. The highest BCUT2D eigenvalue weighted by atomic mass is 35.5. The number of hydrogen-bond acceptors (Lipinski definition) is 3. The Labute approximate surface area is 149 Å². The van der Waals surface area contributed by atoms with Crippen LogP contribution in [-0.4, -0.2) is 23.8 Å². The summed E-state index contributed by atoms with van der Waals surface area (Å²) in [5.74, 6) is 0.227. The molecule has 1 aromatic carbocycles. The molecular weight excluding hydrogens is 335 g/mol. The van der Waals surface area contributed by atoms with E-state index in [4.69, 9.17) is 17.3 Å². The van der Waals surface area contributed by atoms with Gasteiger partial charge in [0.15, 0.2) is 5.78 Å². The number of amides is 1. The molecule has 0 fully saturated rings. The first-order valence-electron chi connectivity index (χ1n) is 7.55. The summed E-state index contributed by atoms with van der Waals surface area (Å²) >= 11 is 5.79. The van der Waals surface area contributed by atoms with Crippen LogP contribution in [0.3, 0.4) is 0 Å². The second-order valence-corrected chi connectivity index (χ2v) is 6.78. The molecule has 0 aliphatic heterocycles. The van der Waals surface area contributed by atoms with Gasteiger partial charge in [-0.2, -0.15) is 0 Å². The second kappa shape index (κ2) is 9.91. The zero-order chi connectivity index (χ0) is 16.8. The number of ketones is 1. The van der Waals surface area contributed by atoms with Crippen molar-refractivity contribution in [3.05, 3.63) is 34.9 Å². The third-order valence-corrected chi connectivity index (χ3v) is 3.75. The first-order chi connectivity index (χ1) is 10.3. The molecule has 0 heterocycles. The fourth-order valence-electron chi connectivity index (χ4n) is 2.49. The van der Waals surface area contributed by atoms with Crippen molar-refractivity contribution >= 4 is 35.7 Å². The van der Waals surface area contributed by atoms with Crippen LogP contribution >= 0.6 is 24.0 Å². The molecular formula is C17H26Cl2N2O2. The Morgan fingerprint density at radius 3 is 2.26 bits per heavy atom. The van der Waals surface area contributed by atoms with Crippen molar-refractivity contribution in [2.75, 3.05) is 6.54 Å². The number of carbonyl (C=O) groups is 2. The Balaban J connectivity index is 0.00000484. The third kappa shape index (κ3) is 7.82. The summed E-state index contributed by atoms with van der Waals surface area (Å²) in [6.07, 6.45) is 1.14. The molecule has 0 aliphatic rings. The van der Waals surface area contributed by atoms with Crippen LogP contribution in [0.15, 0.2) is 24.3 Å². The lowest BCUT2D eigenvalue weighted by Crippen LogP contribution is -2.52. The van der Waals surface area contributed by atoms with E-state index in [0.29, 0.717) is 23.0 Å². The lowest BCUT2D eigenvalue weighted by Gasteiger charge is -2.31. The van der Waals surface area contributed by atoms with Crippen molar-refractivity contribution < 1.29 is 9.59 Å². The van der Waals surface area contributed by atoms with E-state index in [9.17, 15) is 9.59 Å². The molecule has 1 aromatic rings. The molecule has 1 atom stereocenters. The molecule has 4 nitrogen and oxygen atoms in total. The molecule has 0 aromatic heterocycles. The minimum atomic E-state index is -0.422. The number of halogens is 2. The lowest BCUT2D eigenvalue weighted by molar-refractivity contribution is -0.122. The molecule has 3 N–H and O–H groups in total. The summed E-state index contributed by atoms with van der Waals surface area (Å²) in [5.41, 5.74) is 5.92. The first kappa shape index (κ1) is 21.9. The van der Waals surface area contributed by atoms with E-state index in [0.717, 1.165) is 6.42 Å². The summed E-state index contributed by atoms with van der Waals surface area (Å²) in [6.45, 7) is 6.49. The fourth-order valence-corrected chi connectivity index (χ4v) is 2.62. The van der Waals surface area contributed by atoms with Crippen LogP contribution in [0.1, 0.15) is 50.4 Å². The van der Waals surface area contributed by atoms with Crippen LogP contribution in [0.2, 0.25) is 5.02 Å². The minimum absolute atomic E-state index is 0. The number of carbonyl (C=O) groups excluding carboxylic acids is 2. The summed E-state index contributed by atoms with van der Waals surface area (Å²) in [6, 6.07) is 6.68. The van der Waals surface area contributed by atoms with Gasteiger partial charge in [0.25, 0.3) is 0 Å². The van der Waals surface area contributed by atoms with E-state index in [1.807, 2.05) is 6.92 Å². The second-order valence-electron chi connectivity index (χ2n) is 6.34. The van der Waals surface area contributed by atoms with Crippen LogP contribution in [-0.2, 0) is 4.79 Å². The van der Waals surface area contributed by atoms with Crippen LogP contribution < -0.4 is 11.1 Å². The van der Waals surface area contributed by atoms with E-state index in [-0.39, 0.29) is 36.9 Å². The molecule has 0 spiro atoms. The highest BCUT2D eigenvalue weighted by Gasteiger charge is 2.25. The lowest BCUT2D eigenvalue weighted by atomic mass is 9.90. The molecule has 0 saturated carbocycles. The monoisotopic (exact) mass is 360 g/mol. The summed E-state index contributed by atoms with van der Waals surface area (Å²) < 4.78 is 0. The number of Topliss-reactive ketones (excluding diaryl/α,β-unsaturated/α-hetero) is 1. The highest BCUT2D eigenvalue weighted by molar-refractivity contribution is 6.30. The fraction of sp³-hybridized carbons (Fsp3) is 0.529. The van der Waals surface area contributed by atoms with Crippen LogP contribution in [0.4, 0.5) is 0 Å². The number of hydrogen-bond donors (Lipinski definition) is 2. The summed E-state index contributed by atoms with van der Waals surface area (Å²) in [4.78, 5) is 24.1. The Bertz CT molecular complexity index is 518. The molecule has 0 bridgehead atoms. The number of nitrogens with two attached hydrogens (primary N) is 1. The Morgan fingerprint density at radius 1 is 1.22 bits per heavy atom. The number of nitrogens with one attached hydrogen (secondary N) is 1. The van der Waals surface area contributed by atoms with Gasteiger partial charge in [0.05, 0.1) is 0 Å². The predicted octanol–water partition coefficient (Wildman–Crippen LogP) is 3.60. The molecule has 0 aliphatic carbocycles. The van der Waals surface area contributed by atoms with Crippen molar-refractivity contribution in [1.82, 2.24) is 5.32 Å². The quantitative estimate of drug-likeness (QED) is 0.695.